The van der Waals surface area contributed by atoms with Crippen LogP contribution in [0.2, 0.25) is 0 Å². The molecule has 1 aliphatic rings. The minimum absolute atomic E-state index is 0.0318. The van der Waals surface area contributed by atoms with Crippen molar-refractivity contribution in [3.05, 3.63) is 24.0 Å². The van der Waals surface area contributed by atoms with Crippen molar-refractivity contribution in [3.63, 3.8) is 0 Å². The predicted molar refractivity (Wildman–Crippen MR) is 81.0 cm³/mol. The molecule has 112 valence electrons. The number of nitrogens with zero attached hydrogens (tertiary/aromatic N) is 2. The van der Waals surface area contributed by atoms with Crippen LogP contribution in [0.5, 0.6) is 0 Å². The first-order valence-electron chi connectivity index (χ1n) is 7.21. The molecule has 1 aromatic carbocycles. The van der Waals surface area contributed by atoms with Gasteiger partial charge in [0.05, 0.1) is 17.8 Å². The molecule has 3 rings (SSSR count). The highest BCUT2D eigenvalue weighted by atomic mass is 16.5. The molecule has 0 atom stereocenters. The van der Waals surface area contributed by atoms with E-state index in [-0.39, 0.29) is 12.5 Å². The van der Waals surface area contributed by atoms with Crippen LogP contribution in [0.15, 0.2) is 18.2 Å². The summed E-state index contributed by atoms with van der Waals surface area (Å²) in [6, 6.07) is 5.71. The van der Waals surface area contributed by atoms with Crippen molar-refractivity contribution >= 4 is 22.6 Å². The molecule has 1 amide bonds. The van der Waals surface area contributed by atoms with Gasteiger partial charge in [0.2, 0.25) is 5.91 Å². The topological polar surface area (TPSA) is 82.2 Å². The molecule has 6 heteroatoms. The standard InChI is InChI=1S/C15H20N4O2/c1-21-8-7-17-13(20)9-19-12-4-2-3-11(16)14(12)18-15(19)10-5-6-10/h2-4,10H,5-9,16H2,1H3,(H,17,20). The lowest BCUT2D eigenvalue weighted by atomic mass is 10.2. The molecule has 1 aliphatic carbocycles. The number of benzene rings is 1. The molecule has 6 nitrogen and oxygen atoms in total. The zero-order valence-electron chi connectivity index (χ0n) is 12.1. The summed E-state index contributed by atoms with van der Waals surface area (Å²) in [5, 5.41) is 2.84. The number of nitrogens with one attached hydrogen (secondary N) is 1. The van der Waals surface area contributed by atoms with Crippen LogP contribution in [0.1, 0.15) is 24.6 Å². The van der Waals surface area contributed by atoms with Crippen LogP contribution in [0.25, 0.3) is 11.0 Å². The maximum absolute atomic E-state index is 12.1. The Hall–Kier alpha value is -2.08. The molecule has 1 fully saturated rings. The van der Waals surface area contributed by atoms with E-state index in [2.05, 4.69) is 10.3 Å². The maximum atomic E-state index is 12.1. The molecule has 1 aromatic heterocycles. The van der Waals surface area contributed by atoms with Crippen LogP contribution in [0, 0.1) is 0 Å². The van der Waals surface area contributed by atoms with Crippen LogP contribution in [0.4, 0.5) is 5.69 Å². The third kappa shape index (κ3) is 2.85. The largest absolute Gasteiger partial charge is 0.397 e. The van der Waals surface area contributed by atoms with E-state index in [4.69, 9.17) is 10.5 Å². The first-order chi connectivity index (χ1) is 10.2. The average Bonchev–Trinajstić information content (AvgIpc) is 3.24. The molecule has 0 aliphatic heterocycles. The Morgan fingerprint density at radius 1 is 1.52 bits per heavy atom. The van der Waals surface area contributed by atoms with Crippen molar-refractivity contribution in [1.82, 2.24) is 14.9 Å². The second-order valence-corrected chi connectivity index (χ2v) is 5.39. The van der Waals surface area contributed by atoms with Gasteiger partial charge in [-0.2, -0.15) is 0 Å². The summed E-state index contributed by atoms with van der Waals surface area (Å²) in [6.07, 6.45) is 2.27. The number of hydrogen-bond acceptors (Lipinski definition) is 4. The van der Waals surface area contributed by atoms with Gasteiger partial charge in [0.1, 0.15) is 17.9 Å². The van der Waals surface area contributed by atoms with Crippen molar-refractivity contribution in [2.45, 2.75) is 25.3 Å². The number of methoxy groups -OCH3 is 1. The number of carbonyl (C=O) groups is 1. The van der Waals surface area contributed by atoms with Gasteiger partial charge in [-0.3, -0.25) is 4.79 Å². The summed E-state index contributed by atoms with van der Waals surface area (Å²) in [5.41, 5.74) is 8.38. The highest BCUT2D eigenvalue weighted by Gasteiger charge is 2.30. The van der Waals surface area contributed by atoms with E-state index in [1.54, 1.807) is 7.11 Å². The van der Waals surface area contributed by atoms with Gasteiger partial charge < -0.3 is 20.4 Å². The van der Waals surface area contributed by atoms with Gasteiger partial charge in [-0.25, -0.2) is 4.98 Å². The lowest BCUT2D eigenvalue weighted by Gasteiger charge is -2.09. The third-order valence-corrected chi connectivity index (χ3v) is 3.71. The van der Waals surface area contributed by atoms with Gasteiger partial charge in [-0.05, 0) is 25.0 Å². The third-order valence-electron chi connectivity index (χ3n) is 3.71. The fraction of sp³-hybridized carbons (Fsp3) is 0.467. The fourth-order valence-corrected chi connectivity index (χ4v) is 2.50. The Morgan fingerprint density at radius 2 is 2.33 bits per heavy atom. The van der Waals surface area contributed by atoms with Crippen molar-refractivity contribution in [3.8, 4) is 0 Å². The first kappa shape index (κ1) is 13.9. The Morgan fingerprint density at radius 3 is 3.05 bits per heavy atom. The van der Waals surface area contributed by atoms with Crippen LogP contribution in [-0.4, -0.2) is 35.7 Å². The van der Waals surface area contributed by atoms with Crippen LogP contribution in [-0.2, 0) is 16.1 Å². The molecular weight excluding hydrogens is 268 g/mol. The molecule has 3 N–H and O–H groups in total. The summed E-state index contributed by atoms with van der Waals surface area (Å²) in [4.78, 5) is 16.7. The number of nitrogen functional groups attached to an aromatic ring is 1. The number of imidazole rings is 1. The van der Waals surface area contributed by atoms with Crippen molar-refractivity contribution < 1.29 is 9.53 Å². The van der Waals surface area contributed by atoms with Crippen molar-refractivity contribution in [2.75, 3.05) is 26.0 Å². The molecule has 0 radical (unpaired) electrons. The van der Waals surface area contributed by atoms with E-state index < -0.39 is 0 Å². The molecule has 2 aromatic rings. The lowest BCUT2D eigenvalue weighted by Crippen LogP contribution is -2.30. The minimum Gasteiger partial charge on any atom is -0.397 e. The lowest BCUT2D eigenvalue weighted by molar-refractivity contribution is -0.121. The number of carbonyl (C=O) groups excluding carboxylic acids is 1. The highest BCUT2D eigenvalue weighted by molar-refractivity contribution is 5.89. The Bertz CT molecular complexity index is 661. The van der Waals surface area contributed by atoms with E-state index in [1.807, 2.05) is 22.8 Å². The minimum atomic E-state index is -0.0318. The average molecular weight is 288 g/mol. The summed E-state index contributed by atoms with van der Waals surface area (Å²) in [7, 11) is 1.61. The maximum Gasteiger partial charge on any atom is 0.240 e. The molecule has 0 spiro atoms. The van der Waals surface area contributed by atoms with E-state index in [1.165, 1.54) is 0 Å². The molecule has 1 heterocycles. The van der Waals surface area contributed by atoms with Gasteiger partial charge in [0.25, 0.3) is 0 Å². The number of anilines is 1. The molecule has 1 saturated carbocycles. The van der Waals surface area contributed by atoms with Crippen molar-refractivity contribution in [1.29, 1.82) is 0 Å². The summed E-state index contributed by atoms with van der Waals surface area (Å²) in [6.45, 7) is 1.30. The molecule has 0 unspecified atom stereocenters. The molecule has 0 bridgehead atoms. The Labute approximate surface area is 123 Å². The molecular formula is C15H20N4O2. The van der Waals surface area contributed by atoms with Crippen LogP contribution >= 0.6 is 0 Å². The second kappa shape index (κ2) is 5.73. The quantitative estimate of drug-likeness (QED) is 0.619. The molecule has 21 heavy (non-hydrogen) atoms. The zero-order valence-corrected chi connectivity index (χ0v) is 12.1. The summed E-state index contributed by atoms with van der Waals surface area (Å²) in [5.74, 6) is 1.41. The van der Waals surface area contributed by atoms with Gasteiger partial charge >= 0.3 is 0 Å². The SMILES string of the molecule is COCCNC(=O)Cn1c(C2CC2)nc2c(N)cccc21. The Kier molecular flexibility index (Phi) is 3.79. The first-order valence-corrected chi connectivity index (χ1v) is 7.21. The number of amides is 1. The van der Waals surface area contributed by atoms with E-state index >= 15 is 0 Å². The molecule has 0 saturated heterocycles. The number of rotatable bonds is 6. The van der Waals surface area contributed by atoms with Gasteiger partial charge in [-0.1, -0.05) is 6.07 Å². The van der Waals surface area contributed by atoms with Gasteiger partial charge in [0.15, 0.2) is 0 Å². The van der Waals surface area contributed by atoms with Gasteiger partial charge in [-0.15, -0.1) is 0 Å². The summed E-state index contributed by atoms with van der Waals surface area (Å²) >= 11 is 0. The van der Waals surface area contributed by atoms with Crippen LogP contribution < -0.4 is 11.1 Å². The van der Waals surface area contributed by atoms with E-state index in [0.717, 1.165) is 29.7 Å². The monoisotopic (exact) mass is 288 g/mol. The van der Waals surface area contributed by atoms with Crippen molar-refractivity contribution in [2.24, 2.45) is 0 Å². The number of hydrogen-bond donors (Lipinski definition) is 2. The van der Waals surface area contributed by atoms with E-state index in [0.29, 0.717) is 24.8 Å². The predicted octanol–water partition coefficient (Wildman–Crippen LogP) is 1.26. The smallest absolute Gasteiger partial charge is 0.240 e. The highest BCUT2D eigenvalue weighted by Crippen LogP contribution is 2.41. The zero-order chi connectivity index (χ0) is 14.8. The number of nitrogens with two attached hydrogens (primary N) is 1. The van der Waals surface area contributed by atoms with Gasteiger partial charge in [0, 0.05) is 19.6 Å². The fourth-order valence-electron chi connectivity index (χ4n) is 2.50. The number of fused-ring (bicyclic) bond motifs is 1. The number of aromatic nitrogens is 2. The van der Waals surface area contributed by atoms with E-state index in [9.17, 15) is 4.79 Å². The normalized spacial score (nSPS) is 14.5. The van der Waals surface area contributed by atoms with Crippen LogP contribution in [0.3, 0.4) is 0 Å². The Balaban J connectivity index is 1.87. The number of para-hydroxylation sites is 1. The second-order valence-electron chi connectivity index (χ2n) is 5.39. The number of ether oxygens (including phenoxy) is 1. The summed E-state index contributed by atoms with van der Waals surface area (Å²) < 4.78 is 6.93.